The van der Waals surface area contributed by atoms with Crippen LogP contribution in [0.1, 0.15) is 49.4 Å². The van der Waals surface area contributed by atoms with Crippen LogP contribution in [-0.2, 0) is 16.9 Å². The predicted octanol–water partition coefficient (Wildman–Crippen LogP) is 5.45. The normalized spacial score (nSPS) is 11.9. The largest absolute Gasteiger partial charge is 0.367 e. The van der Waals surface area contributed by atoms with Crippen molar-refractivity contribution in [2.45, 2.75) is 45.9 Å². The van der Waals surface area contributed by atoms with Gasteiger partial charge in [0.2, 0.25) is 0 Å². The van der Waals surface area contributed by atoms with Gasteiger partial charge in [0.15, 0.2) is 5.13 Å². The van der Waals surface area contributed by atoms with E-state index >= 15 is 0 Å². The fourth-order valence-corrected chi connectivity index (χ4v) is 4.52. The van der Waals surface area contributed by atoms with Gasteiger partial charge in [-0.2, -0.15) is 0 Å². The van der Waals surface area contributed by atoms with E-state index < -0.39 is 5.60 Å². The molecule has 0 aliphatic rings. The number of para-hydroxylation sites is 1. The summed E-state index contributed by atoms with van der Waals surface area (Å²) in [5.41, 5.74) is 2.92. The van der Waals surface area contributed by atoms with Crippen LogP contribution in [0.3, 0.4) is 0 Å². The number of ether oxygens (including phenoxy) is 1. The third kappa shape index (κ3) is 4.68. The summed E-state index contributed by atoms with van der Waals surface area (Å²) in [7, 11) is 0. The number of amides is 1. The zero-order valence-corrected chi connectivity index (χ0v) is 18.9. The zero-order valence-electron chi connectivity index (χ0n) is 18.1. The van der Waals surface area contributed by atoms with Crippen LogP contribution >= 0.6 is 11.3 Å². The van der Waals surface area contributed by atoms with E-state index in [2.05, 4.69) is 21.4 Å². The van der Waals surface area contributed by atoms with Crippen LogP contribution < -0.4 is 5.32 Å². The molecule has 0 fully saturated rings. The van der Waals surface area contributed by atoms with E-state index in [0.29, 0.717) is 17.4 Å². The third-order valence-electron chi connectivity index (χ3n) is 5.01. The van der Waals surface area contributed by atoms with Crippen LogP contribution in [0, 0.1) is 0 Å². The molecule has 0 bridgehead atoms. The van der Waals surface area contributed by atoms with Crippen LogP contribution in [0.5, 0.6) is 0 Å². The number of hydrogen-bond acceptors (Lipinski definition) is 5. The van der Waals surface area contributed by atoms with Gasteiger partial charge in [0, 0.05) is 29.7 Å². The molecule has 3 aromatic heterocycles. The number of fused-ring (bicyclic) bond motifs is 1. The Morgan fingerprint density at radius 1 is 1.19 bits per heavy atom. The first-order chi connectivity index (χ1) is 14.8. The molecule has 0 aliphatic carbocycles. The van der Waals surface area contributed by atoms with E-state index in [1.54, 1.807) is 6.20 Å². The van der Waals surface area contributed by atoms with Gasteiger partial charge in [-0.05, 0) is 57.5 Å². The Labute approximate surface area is 185 Å². The second kappa shape index (κ2) is 8.61. The number of rotatable bonds is 7. The molecule has 1 amide bonds. The van der Waals surface area contributed by atoms with Crippen molar-refractivity contribution in [3.05, 3.63) is 77.2 Å². The number of hydrogen-bond donors (Lipinski definition) is 1. The van der Waals surface area contributed by atoms with Crippen LogP contribution in [-0.4, -0.2) is 26.5 Å². The Balaban J connectivity index is 1.52. The average Bonchev–Trinajstić information content (AvgIpc) is 3.37. The Kier molecular flexibility index (Phi) is 5.89. The Morgan fingerprint density at radius 3 is 2.81 bits per heavy atom. The van der Waals surface area contributed by atoms with E-state index in [-0.39, 0.29) is 12.0 Å². The Hall–Kier alpha value is -3.03. The van der Waals surface area contributed by atoms with Gasteiger partial charge in [-0.25, -0.2) is 4.98 Å². The molecule has 0 radical (unpaired) electrons. The summed E-state index contributed by atoms with van der Waals surface area (Å²) >= 11 is 1.40. The highest BCUT2D eigenvalue weighted by molar-refractivity contribution is 7.14. The fraction of sp³-hybridized carbons (Fsp3) is 0.292. The van der Waals surface area contributed by atoms with Gasteiger partial charge in [-0.1, -0.05) is 18.2 Å². The quantitative estimate of drug-likeness (QED) is 0.420. The standard InChI is InChI=1S/C24H26N4O2S/c1-16(2)30-24(3,4)21-15-31-23(26-21)27-22(29)20-10-7-13-28(20)14-17-11-12-25-19-9-6-5-8-18(17)19/h5-13,15-16H,14H2,1-4H3,(H,26,27,29). The lowest BCUT2D eigenvalue weighted by molar-refractivity contribution is -0.0623. The number of thiazole rings is 1. The summed E-state index contributed by atoms with van der Waals surface area (Å²) in [6, 6.07) is 13.7. The second-order valence-electron chi connectivity index (χ2n) is 8.18. The van der Waals surface area contributed by atoms with Gasteiger partial charge >= 0.3 is 0 Å². The summed E-state index contributed by atoms with van der Waals surface area (Å²) in [5, 5.41) is 6.51. The molecule has 6 nitrogen and oxygen atoms in total. The van der Waals surface area contributed by atoms with Crippen LogP contribution in [0.2, 0.25) is 0 Å². The highest BCUT2D eigenvalue weighted by Gasteiger charge is 2.26. The smallest absolute Gasteiger partial charge is 0.274 e. The summed E-state index contributed by atoms with van der Waals surface area (Å²) in [6.45, 7) is 8.54. The first-order valence-electron chi connectivity index (χ1n) is 10.3. The van der Waals surface area contributed by atoms with Crippen molar-refractivity contribution in [1.29, 1.82) is 0 Å². The number of carbonyl (C=O) groups is 1. The highest BCUT2D eigenvalue weighted by atomic mass is 32.1. The van der Waals surface area contributed by atoms with Gasteiger partial charge in [-0.3, -0.25) is 15.1 Å². The highest BCUT2D eigenvalue weighted by Crippen LogP contribution is 2.29. The van der Waals surface area contributed by atoms with Gasteiger partial charge in [0.25, 0.3) is 5.91 Å². The van der Waals surface area contributed by atoms with Gasteiger partial charge in [0.05, 0.1) is 17.3 Å². The molecular weight excluding hydrogens is 408 g/mol. The molecule has 4 aromatic rings. The number of nitrogens with one attached hydrogen (secondary N) is 1. The van der Waals surface area contributed by atoms with Crippen molar-refractivity contribution in [3.63, 3.8) is 0 Å². The van der Waals surface area contributed by atoms with Crippen molar-refractivity contribution < 1.29 is 9.53 Å². The minimum absolute atomic E-state index is 0.0854. The fourth-order valence-electron chi connectivity index (χ4n) is 3.65. The maximum absolute atomic E-state index is 13.0. The van der Waals surface area contributed by atoms with Crippen molar-refractivity contribution >= 4 is 33.3 Å². The van der Waals surface area contributed by atoms with Crippen LogP contribution in [0.25, 0.3) is 10.9 Å². The van der Waals surface area contributed by atoms with E-state index in [9.17, 15) is 4.79 Å². The molecule has 0 unspecified atom stereocenters. The van der Waals surface area contributed by atoms with Crippen molar-refractivity contribution in [3.8, 4) is 0 Å². The zero-order chi connectivity index (χ0) is 22.0. The summed E-state index contributed by atoms with van der Waals surface area (Å²) in [6.07, 6.45) is 3.80. The first-order valence-corrected chi connectivity index (χ1v) is 11.1. The number of aromatic nitrogens is 3. The number of carbonyl (C=O) groups excluding carboxylic acids is 1. The topological polar surface area (TPSA) is 69.0 Å². The van der Waals surface area contributed by atoms with Crippen molar-refractivity contribution in [2.75, 3.05) is 5.32 Å². The maximum Gasteiger partial charge on any atom is 0.274 e. The Morgan fingerprint density at radius 2 is 2.00 bits per heavy atom. The van der Waals surface area contributed by atoms with Gasteiger partial charge < -0.3 is 9.30 Å². The SMILES string of the molecule is CC(C)OC(C)(C)c1csc(NC(=O)c2cccn2Cc2ccnc3ccccc23)n1. The molecule has 1 aromatic carbocycles. The number of nitrogens with zero attached hydrogens (tertiary/aromatic N) is 3. The van der Waals surface area contributed by atoms with E-state index in [1.807, 2.05) is 80.2 Å². The van der Waals surface area contributed by atoms with Gasteiger partial charge in [0.1, 0.15) is 11.3 Å². The molecule has 4 rings (SSSR count). The molecular formula is C24H26N4O2S. The molecule has 0 saturated heterocycles. The number of benzene rings is 1. The minimum atomic E-state index is -0.518. The van der Waals surface area contributed by atoms with Crippen LogP contribution in [0.4, 0.5) is 5.13 Å². The molecule has 31 heavy (non-hydrogen) atoms. The Bertz CT molecular complexity index is 1200. The maximum atomic E-state index is 13.0. The lowest BCUT2D eigenvalue weighted by Crippen LogP contribution is -2.26. The lowest BCUT2D eigenvalue weighted by Gasteiger charge is -2.25. The number of anilines is 1. The first kappa shape index (κ1) is 21.2. The molecule has 1 N–H and O–H groups in total. The minimum Gasteiger partial charge on any atom is -0.367 e. The van der Waals surface area contributed by atoms with E-state index in [4.69, 9.17) is 4.74 Å². The van der Waals surface area contributed by atoms with E-state index in [1.165, 1.54) is 11.3 Å². The summed E-state index contributed by atoms with van der Waals surface area (Å²) < 4.78 is 7.90. The third-order valence-corrected chi connectivity index (χ3v) is 5.77. The monoisotopic (exact) mass is 434 g/mol. The summed E-state index contributed by atoms with van der Waals surface area (Å²) in [4.78, 5) is 22.0. The molecule has 7 heteroatoms. The van der Waals surface area contributed by atoms with Gasteiger partial charge in [-0.15, -0.1) is 11.3 Å². The lowest BCUT2D eigenvalue weighted by atomic mass is 10.1. The second-order valence-corrected chi connectivity index (χ2v) is 9.04. The average molecular weight is 435 g/mol. The molecule has 0 aliphatic heterocycles. The van der Waals surface area contributed by atoms with Crippen molar-refractivity contribution in [1.82, 2.24) is 14.5 Å². The number of pyridine rings is 1. The van der Waals surface area contributed by atoms with E-state index in [0.717, 1.165) is 22.2 Å². The van der Waals surface area contributed by atoms with Crippen molar-refractivity contribution in [2.24, 2.45) is 0 Å². The molecule has 0 atom stereocenters. The van der Waals surface area contributed by atoms with Crippen LogP contribution in [0.15, 0.2) is 60.2 Å². The predicted molar refractivity (Wildman–Crippen MR) is 125 cm³/mol. The molecule has 3 heterocycles. The molecule has 160 valence electrons. The molecule has 0 spiro atoms. The summed E-state index contributed by atoms with van der Waals surface area (Å²) in [5.74, 6) is -0.188. The molecule has 0 saturated carbocycles.